The van der Waals surface area contributed by atoms with Crippen molar-refractivity contribution in [3.05, 3.63) is 65.5 Å². The molecule has 11 nitrogen and oxygen atoms in total. The van der Waals surface area contributed by atoms with Crippen LogP contribution < -0.4 is 5.32 Å². The van der Waals surface area contributed by atoms with Crippen LogP contribution in [0.1, 0.15) is 28.5 Å². The number of nitrogens with one attached hydrogen (secondary N) is 2. The monoisotopic (exact) mass is 587 g/mol. The molecular formula is C28H28F3N5O6. The van der Waals surface area contributed by atoms with Gasteiger partial charge in [0.25, 0.3) is 11.8 Å². The number of aliphatic carboxylic acids is 1. The van der Waals surface area contributed by atoms with Crippen molar-refractivity contribution in [1.82, 2.24) is 20.2 Å². The molecule has 42 heavy (non-hydrogen) atoms. The maximum absolute atomic E-state index is 12.2. The van der Waals surface area contributed by atoms with E-state index in [-0.39, 0.29) is 18.4 Å². The van der Waals surface area contributed by atoms with Gasteiger partial charge in [0.1, 0.15) is 0 Å². The molecule has 0 saturated carbocycles. The highest BCUT2D eigenvalue weighted by molar-refractivity contribution is 5.99. The van der Waals surface area contributed by atoms with Crippen molar-refractivity contribution in [3.63, 3.8) is 0 Å². The van der Waals surface area contributed by atoms with Gasteiger partial charge in [0, 0.05) is 54.8 Å². The zero-order valence-electron chi connectivity index (χ0n) is 22.5. The first kappa shape index (κ1) is 30.2. The van der Waals surface area contributed by atoms with Crippen LogP contribution in [0.3, 0.4) is 0 Å². The molecule has 1 fully saturated rings. The summed E-state index contributed by atoms with van der Waals surface area (Å²) in [6, 6.07) is 13.7. The average molecular weight is 588 g/mol. The van der Waals surface area contributed by atoms with Crippen molar-refractivity contribution in [2.45, 2.75) is 19.5 Å². The SMILES string of the molecule is C/C(=N\OCC(=O)N1CCOCC1)c1ccc(-c2cc(-c3cc4c([nH]3)CCNC4=O)ccn2)cc1.O=C(O)C(F)(F)F. The lowest BCUT2D eigenvalue weighted by Gasteiger charge is -2.26. The number of carbonyl (C=O) groups excluding carboxylic acids is 2. The summed E-state index contributed by atoms with van der Waals surface area (Å²) >= 11 is 0. The largest absolute Gasteiger partial charge is 0.490 e. The lowest BCUT2D eigenvalue weighted by molar-refractivity contribution is -0.192. The molecule has 3 aromatic rings. The first-order chi connectivity index (χ1) is 20.0. The fourth-order valence-electron chi connectivity index (χ4n) is 4.23. The summed E-state index contributed by atoms with van der Waals surface area (Å²) in [6.45, 7) is 4.70. The number of morpholine rings is 1. The predicted molar refractivity (Wildman–Crippen MR) is 145 cm³/mol. The van der Waals surface area contributed by atoms with Gasteiger partial charge in [0.05, 0.1) is 30.2 Å². The molecule has 2 aliphatic heterocycles. The van der Waals surface area contributed by atoms with Gasteiger partial charge < -0.3 is 29.9 Å². The van der Waals surface area contributed by atoms with Gasteiger partial charge in [-0.1, -0.05) is 29.4 Å². The Morgan fingerprint density at radius 3 is 2.45 bits per heavy atom. The van der Waals surface area contributed by atoms with Gasteiger partial charge in [0.15, 0.2) is 6.61 Å². The van der Waals surface area contributed by atoms with Crippen LogP contribution in [0, 0.1) is 0 Å². The second kappa shape index (κ2) is 13.3. The molecule has 0 unspecified atom stereocenters. The number of pyridine rings is 1. The molecule has 3 N–H and O–H groups in total. The van der Waals surface area contributed by atoms with Crippen LogP contribution in [-0.2, 0) is 25.6 Å². The molecule has 2 amide bonds. The highest BCUT2D eigenvalue weighted by Crippen LogP contribution is 2.27. The molecule has 222 valence electrons. The van der Waals surface area contributed by atoms with Crippen molar-refractivity contribution in [1.29, 1.82) is 0 Å². The molecule has 0 atom stereocenters. The van der Waals surface area contributed by atoms with Crippen molar-refractivity contribution in [2.75, 3.05) is 39.5 Å². The van der Waals surface area contributed by atoms with E-state index < -0.39 is 12.1 Å². The van der Waals surface area contributed by atoms with E-state index in [2.05, 4.69) is 20.4 Å². The Morgan fingerprint density at radius 1 is 1.12 bits per heavy atom. The number of amides is 2. The van der Waals surface area contributed by atoms with Crippen LogP contribution in [-0.4, -0.2) is 89.1 Å². The molecule has 2 aromatic heterocycles. The Labute approximate surface area is 238 Å². The van der Waals surface area contributed by atoms with E-state index in [4.69, 9.17) is 19.5 Å². The first-order valence-corrected chi connectivity index (χ1v) is 12.9. The highest BCUT2D eigenvalue weighted by atomic mass is 19.4. The minimum atomic E-state index is -5.08. The molecule has 0 aliphatic carbocycles. The van der Waals surface area contributed by atoms with E-state index in [0.29, 0.717) is 44.1 Å². The van der Waals surface area contributed by atoms with E-state index in [9.17, 15) is 22.8 Å². The third-order valence-electron chi connectivity index (χ3n) is 6.47. The molecule has 1 saturated heterocycles. The molecule has 5 rings (SSSR count). The van der Waals surface area contributed by atoms with Crippen LogP contribution in [0.5, 0.6) is 0 Å². The van der Waals surface area contributed by atoms with E-state index in [1.54, 1.807) is 11.1 Å². The first-order valence-electron chi connectivity index (χ1n) is 12.9. The quantitative estimate of drug-likeness (QED) is 0.296. The number of rotatable bonds is 6. The summed E-state index contributed by atoms with van der Waals surface area (Å²) in [5.41, 5.74) is 6.91. The predicted octanol–water partition coefficient (Wildman–Crippen LogP) is 3.26. The number of hydrogen-bond acceptors (Lipinski definition) is 7. The number of fused-ring (bicyclic) bond motifs is 1. The van der Waals surface area contributed by atoms with E-state index in [1.807, 2.05) is 49.4 Å². The third kappa shape index (κ3) is 7.72. The van der Waals surface area contributed by atoms with E-state index in [0.717, 1.165) is 40.2 Å². The number of benzene rings is 1. The second-order valence-corrected chi connectivity index (χ2v) is 9.33. The third-order valence-corrected chi connectivity index (χ3v) is 6.47. The number of aromatic nitrogens is 2. The van der Waals surface area contributed by atoms with E-state index in [1.165, 1.54) is 0 Å². The minimum absolute atomic E-state index is 0.0370. The van der Waals surface area contributed by atoms with Crippen LogP contribution in [0.4, 0.5) is 13.2 Å². The van der Waals surface area contributed by atoms with Crippen LogP contribution in [0.2, 0.25) is 0 Å². The number of nitrogens with zero attached hydrogens (tertiary/aromatic N) is 3. The van der Waals surface area contributed by atoms with Gasteiger partial charge in [-0.2, -0.15) is 13.2 Å². The minimum Gasteiger partial charge on any atom is -0.475 e. The van der Waals surface area contributed by atoms with Crippen molar-refractivity contribution in [3.8, 4) is 22.5 Å². The summed E-state index contributed by atoms with van der Waals surface area (Å²) in [4.78, 5) is 48.1. The van der Waals surface area contributed by atoms with Crippen LogP contribution >= 0.6 is 0 Å². The Balaban J connectivity index is 0.000000517. The summed E-state index contributed by atoms with van der Waals surface area (Å²) in [5.74, 6) is -2.88. The Hall–Kier alpha value is -4.72. The highest BCUT2D eigenvalue weighted by Gasteiger charge is 2.38. The van der Waals surface area contributed by atoms with Gasteiger partial charge >= 0.3 is 12.1 Å². The lowest BCUT2D eigenvalue weighted by Crippen LogP contribution is -2.42. The summed E-state index contributed by atoms with van der Waals surface area (Å²) in [7, 11) is 0. The van der Waals surface area contributed by atoms with Gasteiger partial charge in [-0.05, 0) is 30.7 Å². The molecule has 0 radical (unpaired) electrons. The smallest absolute Gasteiger partial charge is 0.475 e. The zero-order valence-corrected chi connectivity index (χ0v) is 22.5. The van der Waals surface area contributed by atoms with Gasteiger partial charge in [-0.3, -0.25) is 14.6 Å². The topological polar surface area (TPSA) is 146 Å². The average Bonchev–Trinajstić information content (AvgIpc) is 3.43. The number of aromatic amines is 1. The van der Waals surface area contributed by atoms with Gasteiger partial charge in [-0.15, -0.1) is 0 Å². The summed E-state index contributed by atoms with van der Waals surface area (Å²) < 4.78 is 37.0. The number of carboxylic acids is 1. The summed E-state index contributed by atoms with van der Waals surface area (Å²) in [5, 5.41) is 14.1. The van der Waals surface area contributed by atoms with Crippen molar-refractivity contribution >= 4 is 23.5 Å². The van der Waals surface area contributed by atoms with Crippen molar-refractivity contribution in [2.24, 2.45) is 5.16 Å². The Bertz CT molecular complexity index is 1460. The number of alkyl halides is 3. The molecule has 0 spiro atoms. The van der Waals surface area contributed by atoms with Crippen LogP contribution in [0.15, 0.2) is 53.8 Å². The second-order valence-electron chi connectivity index (χ2n) is 9.33. The fourth-order valence-corrected chi connectivity index (χ4v) is 4.23. The number of oxime groups is 1. The molecule has 0 bridgehead atoms. The molecular weight excluding hydrogens is 559 g/mol. The van der Waals surface area contributed by atoms with Crippen molar-refractivity contribution < 1.29 is 42.2 Å². The number of carboxylic acid groups (broad SMARTS) is 1. The fraction of sp³-hybridized carbons (Fsp3) is 0.321. The lowest BCUT2D eigenvalue weighted by atomic mass is 10.0. The van der Waals surface area contributed by atoms with Crippen LogP contribution in [0.25, 0.3) is 22.5 Å². The number of hydrogen-bond donors (Lipinski definition) is 3. The zero-order chi connectivity index (χ0) is 30.3. The Morgan fingerprint density at radius 2 is 1.81 bits per heavy atom. The number of H-pyrrole nitrogens is 1. The number of ether oxygens (including phenoxy) is 1. The van der Waals surface area contributed by atoms with Gasteiger partial charge in [0.2, 0.25) is 0 Å². The normalized spacial score (nSPS) is 15.2. The maximum atomic E-state index is 12.2. The standard InChI is InChI=1S/C26H27N5O4.C2HF3O2/c1-17(30-35-16-25(32)31-10-12-34-13-11-31)18-2-4-19(5-3-18)23-14-20(6-8-27-23)24-15-21-22(29-24)7-9-28-26(21)33;3-2(4,5)1(6)7/h2-6,8,14-15,29H,7,9-13,16H2,1H3,(H,28,33);(H,6,7)/b30-17+;. The maximum Gasteiger partial charge on any atom is 0.490 e. The Kier molecular flexibility index (Phi) is 9.57. The van der Waals surface area contributed by atoms with Gasteiger partial charge in [-0.25, -0.2) is 4.79 Å². The van der Waals surface area contributed by atoms with E-state index >= 15 is 0 Å². The molecule has 1 aromatic carbocycles. The molecule has 4 heterocycles. The molecule has 2 aliphatic rings. The molecule has 14 heteroatoms. The number of carbonyl (C=O) groups is 3. The summed E-state index contributed by atoms with van der Waals surface area (Å²) in [6.07, 6.45) is -2.52. The number of halogens is 3.